The van der Waals surface area contributed by atoms with Gasteiger partial charge in [0.1, 0.15) is 5.69 Å². The van der Waals surface area contributed by atoms with Crippen LogP contribution in [0.4, 0.5) is 0 Å². The Kier molecular flexibility index (Phi) is 4.97. The van der Waals surface area contributed by atoms with Crippen LogP contribution >= 0.6 is 0 Å². The Balaban J connectivity index is 2.26. The van der Waals surface area contributed by atoms with E-state index < -0.39 is 5.97 Å². The number of rotatable bonds is 4. The minimum absolute atomic E-state index is 0.0851. The van der Waals surface area contributed by atoms with Crippen LogP contribution in [-0.4, -0.2) is 27.0 Å². The van der Waals surface area contributed by atoms with Crippen molar-refractivity contribution in [1.29, 1.82) is 0 Å². The molecule has 0 saturated carbocycles. The lowest BCUT2D eigenvalue weighted by Crippen LogP contribution is -2.37. The van der Waals surface area contributed by atoms with Gasteiger partial charge in [0, 0.05) is 0 Å². The van der Waals surface area contributed by atoms with E-state index >= 15 is 0 Å². The van der Waals surface area contributed by atoms with E-state index in [1.54, 1.807) is 0 Å². The third-order valence-corrected chi connectivity index (χ3v) is 3.62. The summed E-state index contributed by atoms with van der Waals surface area (Å²) in [5, 5.41) is 11.8. The summed E-state index contributed by atoms with van der Waals surface area (Å²) in [5.74, 6) is -1.57. The van der Waals surface area contributed by atoms with Crippen molar-refractivity contribution in [3.63, 3.8) is 0 Å². The second-order valence-electron chi connectivity index (χ2n) is 6.78. The van der Waals surface area contributed by atoms with Crippen molar-refractivity contribution < 1.29 is 14.7 Å². The highest BCUT2D eigenvalue weighted by Gasteiger charge is 2.28. The van der Waals surface area contributed by atoms with Crippen LogP contribution in [0.3, 0.4) is 0 Å². The van der Waals surface area contributed by atoms with E-state index in [1.807, 2.05) is 52.0 Å². The molecule has 24 heavy (non-hydrogen) atoms. The first-order valence-electron chi connectivity index (χ1n) is 7.61. The largest absolute Gasteiger partial charge is 0.476 e. The molecule has 2 N–H and O–H groups in total. The van der Waals surface area contributed by atoms with Crippen LogP contribution in [0.1, 0.15) is 58.9 Å². The number of carbonyl (C=O) groups is 2. The molecule has 0 fully saturated rings. The molecule has 126 valence electrons. The van der Waals surface area contributed by atoms with Gasteiger partial charge in [-0.1, -0.05) is 50.6 Å². The van der Waals surface area contributed by atoms with E-state index in [2.05, 4.69) is 15.3 Å². The minimum Gasteiger partial charge on any atom is -0.476 e. The Bertz CT molecular complexity index is 749. The smallest absolute Gasteiger partial charge is 0.356 e. The topological polar surface area (TPSA) is 92.2 Å². The average Bonchev–Trinajstić information content (AvgIpc) is 2.51. The van der Waals surface area contributed by atoms with Gasteiger partial charge in [-0.15, -0.1) is 0 Å². The number of aryl methyl sites for hydroxylation is 1. The first-order valence-corrected chi connectivity index (χ1v) is 7.61. The number of nitrogens with one attached hydrogen (secondary N) is 1. The van der Waals surface area contributed by atoms with Crippen molar-refractivity contribution in [3.05, 3.63) is 59.2 Å². The predicted octanol–water partition coefficient (Wildman–Crippen LogP) is 3.00. The Morgan fingerprint density at radius 3 is 2.25 bits per heavy atom. The van der Waals surface area contributed by atoms with Gasteiger partial charge in [-0.3, -0.25) is 4.79 Å². The number of benzene rings is 1. The lowest BCUT2D eigenvalue weighted by atomic mass is 9.82. The van der Waals surface area contributed by atoms with Crippen molar-refractivity contribution in [2.75, 3.05) is 0 Å². The second-order valence-corrected chi connectivity index (χ2v) is 6.78. The first kappa shape index (κ1) is 17.6. The van der Waals surface area contributed by atoms with Gasteiger partial charge in [-0.2, -0.15) is 0 Å². The van der Waals surface area contributed by atoms with Gasteiger partial charge in [0.25, 0.3) is 5.91 Å². The summed E-state index contributed by atoms with van der Waals surface area (Å²) in [6.07, 6.45) is 2.25. The molecule has 0 aliphatic heterocycles. The molecule has 1 aromatic heterocycles. The fourth-order valence-corrected chi connectivity index (χ4v) is 2.41. The molecule has 2 rings (SSSR count). The molecule has 0 bridgehead atoms. The highest BCUT2D eigenvalue weighted by Crippen LogP contribution is 2.33. The molecule has 0 saturated heterocycles. The number of nitrogens with zero attached hydrogens (tertiary/aromatic N) is 2. The van der Waals surface area contributed by atoms with Gasteiger partial charge in [-0.05, 0) is 17.9 Å². The van der Waals surface area contributed by atoms with Crippen LogP contribution in [-0.2, 0) is 0 Å². The molecule has 0 aliphatic rings. The molecule has 1 atom stereocenters. The molecule has 1 amide bonds. The quantitative estimate of drug-likeness (QED) is 0.900. The van der Waals surface area contributed by atoms with Crippen molar-refractivity contribution in [1.82, 2.24) is 15.3 Å². The molecule has 2 aromatic rings. The van der Waals surface area contributed by atoms with E-state index in [9.17, 15) is 9.59 Å². The molecule has 6 nitrogen and oxygen atoms in total. The van der Waals surface area contributed by atoms with Crippen molar-refractivity contribution >= 4 is 11.9 Å². The molecular formula is C18H21N3O3. The van der Waals surface area contributed by atoms with Crippen LogP contribution in [0, 0.1) is 12.3 Å². The Hall–Kier alpha value is -2.76. The van der Waals surface area contributed by atoms with Crippen LogP contribution in [0.2, 0.25) is 0 Å². The lowest BCUT2D eigenvalue weighted by molar-refractivity contribution is 0.0688. The third-order valence-electron chi connectivity index (χ3n) is 3.62. The zero-order valence-corrected chi connectivity index (χ0v) is 14.2. The number of hydrogen-bond acceptors (Lipinski definition) is 4. The normalized spacial score (nSPS) is 12.5. The van der Waals surface area contributed by atoms with E-state index in [1.165, 1.54) is 6.20 Å². The molecule has 1 heterocycles. The van der Waals surface area contributed by atoms with Crippen LogP contribution in [0.5, 0.6) is 0 Å². The number of amides is 1. The summed E-state index contributed by atoms with van der Waals surface area (Å²) in [6.45, 7) is 8.12. The average molecular weight is 327 g/mol. The molecule has 0 spiro atoms. The third kappa shape index (κ3) is 4.16. The maximum atomic E-state index is 12.5. The van der Waals surface area contributed by atoms with Gasteiger partial charge in [0.05, 0.1) is 18.4 Å². The van der Waals surface area contributed by atoms with E-state index in [4.69, 9.17) is 5.11 Å². The van der Waals surface area contributed by atoms with Crippen LogP contribution in [0.25, 0.3) is 0 Å². The number of aromatic carboxylic acids is 1. The summed E-state index contributed by atoms with van der Waals surface area (Å²) in [6, 6.07) is 7.75. The molecule has 6 heteroatoms. The van der Waals surface area contributed by atoms with Crippen LogP contribution < -0.4 is 5.32 Å². The van der Waals surface area contributed by atoms with E-state index in [-0.39, 0.29) is 28.8 Å². The number of aromatic nitrogens is 2. The van der Waals surface area contributed by atoms with Gasteiger partial charge < -0.3 is 10.4 Å². The zero-order valence-electron chi connectivity index (χ0n) is 14.2. The summed E-state index contributed by atoms with van der Waals surface area (Å²) < 4.78 is 0. The fourth-order valence-electron chi connectivity index (χ4n) is 2.41. The van der Waals surface area contributed by atoms with Crippen molar-refractivity contribution in [3.8, 4) is 0 Å². The number of hydrogen-bond donors (Lipinski definition) is 2. The predicted molar refractivity (Wildman–Crippen MR) is 89.8 cm³/mol. The highest BCUT2D eigenvalue weighted by atomic mass is 16.4. The SMILES string of the molecule is Cc1cccc(C(NC(=O)c2cnc(C(=O)O)cn2)C(C)(C)C)c1. The molecule has 0 aliphatic carbocycles. The minimum atomic E-state index is -1.18. The Labute approximate surface area is 141 Å². The molecule has 0 radical (unpaired) electrons. The lowest BCUT2D eigenvalue weighted by Gasteiger charge is -2.32. The maximum Gasteiger partial charge on any atom is 0.356 e. The summed E-state index contributed by atoms with van der Waals surface area (Å²) in [5.41, 5.74) is 1.80. The number of carboxylic acid groups (broad SMARTS) is 1. The van der Waals surface area contributed by atoms with E-state index in [0.29, 0.717) is 0 Å². The standard InChI is InChI=1S/C18H21N3O3/c1-11-6-5-7-12(8-11)15(18(2,3)4)21-16(22)13-9-20-14(10-19-13)17(23)24/h5-10,15H,1-4H3,(H,21,22)(H,23,24). The number of carbonyl (C=O) groups excluding carboxylic acids is 1. The Morgan fingerprint density at radius 2 is 1.75 bits per heavy atom. The summed E-state index contributed by atoms with van der Waals surface area (Å²) >= 11 is 0. The number of carboxylic acids is 1. The monoisotopic (exact) mass is 327 g/mol. The van der Waals surface area contributed by atoms with Gasteiger partial charge in [0.15, 0.2) is 5.69 Å². The summed E-state index contributed by atoms with van der Waals surface area (Å²) in [7, 11) is 0. The van der Waals surface area contributed by atoms with Gasteiger partial charge in [0.2, 0.25) is 0 Å². The molecule has 1 aromatic carbocycles. The summed E-state index contributed by atoms with van der Waals surface area (Å²) in [4.78, 5) is 30.9. The zero-order chi connectivity index (χ0) is 17.9. The van der Waals surface area contributed by atoms with Crippen molar-refractivity contribution in [2.24, 2.45) is 5.41 Å². The highest BCUT2D eigenvalue weighted by molar-refractivity contribution is 5.93. The van der Waals surface area contributed by atoms with Crippen molar-refractivity contribution in [2.45, 2.75) is 33.7 Å². The fraction of sp³-hybridized carbons (Fsp3) is 0.333. The maximum absolute atomic E-state index is 12.5. The Morgan fingerprint density at radius 1 is 1.12 bits per heavy atom. The second kappa shape index (κ2) is 6.78. The van der Waals surface area contributed by atoms with Gasteiger partial charge >= 0.3 is 5.97 Å². The molecular weight excluding hydrogens is 306 g/mol. The molecule has 1 unspecified atom stereocenters. The van der Waals surface area contributed by atoms with E-state index in [0.717, 1.165) is 17.3 Å². The van der Waals surface area contributed by atoms with Gasteiger partial charge in [-0.25, -0.2) is 14.8 Å². The first-order chi connectivity index (χ1) is 11.2. The van der Waals surface area contributed by atoms with Crippen LogP contribution in [0.15, 0.2) is 36.7 Å².